The molecule has 118 valence electrons. The average molecular weight is 305 g/mol. The van der Waals surface area contributed by atoms with Crippen LogP contribution in [0.2, 0.25) is 0 Å². The van der Waals surface area contributed by atoms with E-state index in [4.69, 9.17) is 0 Å². The fourth-order valence-corrected chi connectivity index (χ4v) is 2.19. The zero-order valence-electron chi connectivity index (χ0n) is 13.0. The van der Waals surface area contributed by atoms with Crippen molar-refractivity contribution < 1.29 is 8.78 Å². The quantitative estimate of drug-likeness (QED) is 0.784. The molecule has 22 heavy (non-hydrogen) atoms. The van der Waals surface area contributed by atoms with Gasteiger partial charge in [-0.15, -0.1) is 0 Å². The van der Waals surface area contributed by atoms with E-state index in [1.165, 1.54) is 12.1 Å². The van der Waals surface area contributed by atoms with Crippen molar-refractivity contribution >= 4 is 0 Å². The summed E-state index contributed by atoms with van der Waals surface area (Å²) in [6, 6.07) is 7.65. The first-order chi connectivity index (χ1) is 10.5. The Bertz CT molecular complexity index is 588. The van der Waals surface area contributed by atoms with E-state index < -0.39 is 11.6 Å². The van der Waals surface area contributed by atoms with Crippen LogP contribution < -0.4 is 0 Å². The molecule has 5 heteroatoms. The molecule has 1 aromatic heterocycles. The summed E-state index contributed by atoms with van der Waals surface area (Å²) in [5.41, 5.74) is 1.63. The number of hydrogen-bond acceptors (Lipinski definition) is 3. The molecule has 0 aliphatic carbocycles. The fourth-order valence-electron chi connectivity index (χ4n) is 2.19. The first kappa shape index (κ1) is 16.5. The molecular formula is C17H21F2N3. The Morgan fingerprint density at radius 3 is 2.32 bits per heavy atom. The minimum atomic E-state index is -0.546. The van der Waals surface area contributed by atoms with E-state index in [0.29, 0.717) is 18.7 Å². The van der Waals surface area contributed by atoms with Gasteiger partial charge in [-0.25, -0.2) is 8.78 Å². The summed E-state index contributed by atoms with van der Waals surface area (Å²) in [5.74, 6) is -1.04. The Morgan fingerprint density at radius 1 is 0.955 bits per heavy atom. The lowest BCUT2D eigenvalue weighted by Crippen LogP contribution is -2.31. The Balaban J connectivity index is 2.09. The molecule has 0 spiro atoms. The van der Waals surface area contributed by atoms with Crippen LogP contribution in [-0.2, 0) is 13.1 Å². The van der Waals surface area contributed by atoms with Gasteiger partial charge in [-0.05, 0) is 37.9 Å². The standard InChI is InChI=1S/C17H21F2N3/c1-21(2)9-10-22(12-14-5-7-20-8-6-14)13-15-3-4-16(18)11-17(15)19/h3-8,11H,9-10,12-13H2,1-2H3. The highest BCUT2D eigenvalue weighted by Gasteiger charge is 2.11. The minimum Gasteiger partial charge on any atom is -0.308 e. The SMILES string of the molecule is CN(C)CCN(Cc1ccncc1)Cc1ccc(F)cc1F. The number of halogens is 2. The van der Waals surface area contributed by atoms with E-state index in [1.807, 2.05) is 26.2 Å². The number of rotatable bonds is 7. The lowest BCUT2D eigenvalue weighted by Gasteiger charge is -2.24. The van der Waals surface area contributed by atoms with E-state index >= 15 is 0 Å². The lowest BCUT2D eigenvalue weighted by molar-refractivity contribution is 0.223. The largest absolute Gasteiger partial charge is 0.308 e. The molecule has 2 rings (SSSR count). The molecule has 0 saturated heterocycles. The second-order valence-electron chi connectivity index (χ2n) is 5.61. The van der Waals surface area contributed by atoms with Crippen LogP contribution in [0.1, 0.15) is 11.1 Å². The molecule has 2 aromatic rings. The van der Waals surface area contributed by atoms with E-state index in [2.05, 4.69) is 14.8 Å². The number of pyridine rings is 1. The predicted octanol–water partition coefficient (Wildman–Crippen LogP) is 2.92. The van der Waals surface area contributed by atoms with Gasteiger partial charge in [-0.1, -0.05) is 6.07 Å². The summed E-state index contributed by atoms with van der Waals surface area (Å²) in [6.45, 7) is 2.81. The van der Waals surface area contributed by atoms with Crippen LogP contribution >= 0.6 is 0 Å². The molecule has 0 aliphatic rings. The van der Waals surface area contributed by atoms with Gasteiger partial charge in [-0.3, -0.25) is 9.88 Å². The maximum atomic E-state index is 13.9. The highest BCUT2D eigenvalue weighted by atomic mass is 19.1. The van der Waals surface area contributed by atoms with Crippen molar-refractivity contribution in [1.29, 1.82) is 0 Å². The molecule has 0 bridgehead atoms. The maximum Gasteiger partial charge on any atom is 0.130 e. The third-order valence-electron chi connectivity index (χ3n) is 3.43. The van der Waals surface area contributed by atoms with Gasteiger partial charge in [-0.2, -0.15) is 0 Å². The van der Waals surface area contributed by atoms with Crippen LogP contribution in [0.3, 0.4) is 0 Å². The van der Waals surface area contributed by atoms with E-state index in [9.17, 15) is 8.78 Å². The molecule has 1 heterocycles. The molecule has 0 amide bonds. The Morgan fingerprint density at radius 2 is 1.68 bits per heavy atom. The first-order valence-corrected chi connectivity index (χ1v) is 7.24. The van der Waals surface area contributed by atoms with Crippen LogP contribution in [0, 0.1) is 11.6 Å². The summed E-state index contributed by atoms with van der Waals surface area (Å²) < 4.78 is 26.9. The van der Waals surface area contributed by atoms with Crippen LogP contribution in [0.15, 0.2) is 42.7 Å². The van der Waals surface area contributed by atoms with Crippen molar-refractivity contribution in [3.8, 4) is 0 Å². The molecular weight excluding hydrogens is 284 g/mol. The third-order valence-corrected chi connectivity index (χ3v) is 3.43. The number of benzene rings is 1. The van der Waals surface area contributed by atoms with Crippen LogP contribution in [0.25, 0.3) is 0 Å². The van der Waals surface area contributed by atoms with E-state index in [-0.39, 0.29) is 0 Å². The van der Waals surface area contributed by atoms with Crippen molar-refractivity contribution in [1.82, 2.24) is 14.8 Å². The summed E-state index contributed by atoms with van der Waals surface area (Å²) >= 11 is 0. The van der Waals surface area contributed by atoms with Crippen molar-refractivity contribution in [3.05, 3.63) is 65.5 Å². The lowest BCUT2D eigenvalue weighted by atomic mass is 10.1. The van der Waals surface area contributed by atoms with Gasteiger partial charge in [0.05, 0.1) is 0 Å². The minimum absolute atomic E-state index is 0.447. The molecule has 3 nitrogen and oxygen atoms in total. The van der Waals surface area contributed by atoms with Gasteiger partial charge in [0.1, 0.15) is 11.6 Å². The third kappa shape index (κ3) is 5.16. The van der Waals surface area contributed by atoms with Gasteiger partial charge in [0, 0.05) is 50.2 Å². The zero-order chi connectivity index (χ0) is 15.9. The summed E-state index contributed by atoms with van der Waals surface area (Å²) in [4.78, 5) is 8.23. The smallest absolute Gasteiger partial charge is 0.130 e. The van der Waals surface area contributed by atoms with Gasteiger partial charge in [0.2, 0.25) is 0 Å². The number of likely N-dealkylation sites (N-methyl/N-ethyl adjacent to an activating group) is 1. The number of hydrogen-bond donors (Lipinski definition) is 0. The summed E-state index contributed by atoms with van der Waals surface area (Å²) in [6.07, 6.45) is 3.50. The zero-order valence-corrected chi connectivity index (χ0v) is 13.0. The molecule has 1 aromatic carbocycles. The second kappa shape index (κ2) is 7.96. The van der Waals surface area contributed by atoms with Crippen LogP contribution in [0.4, 0.5) is 8.78 Å². The van der Waals surface area contributed by atoms with Crippen molar-refractivity contribution in [2.75, 3.05) is 27.2 Å². The molecule has 0 aliphatic heterocycles. The molecule has 0 unspecified atom stereocenters. The predicted molar refractivity (Wildman–Crippen MR) is 83.3 cm³/mol. The van der Waals surface area contributed by atoms with Crippen molar-refractivity contribution in [2.24, 2.45) is 0 Å². The first-order valence-electron chi connectivity index (χ1n) is 7.24. The van der Waals surface area contributed by atoms with Gasteiger partial charge < -0.3 is 4.90 Å². The molecule has 0 saturated carbocycles. The van der Waals surface area contributed by atoms with Gasteiger partial charge >= 0.3 is 0 Å². The molecule has 0 fully saturated rings. The average Bonchev–Trinajstić information content (AvgIpc) is 2.48. The van der Waals surface area contributed by atoms with Gasteiger partial charge in [0.25, 0.3) is 0 Å². The molecule has 0 radical (unpaired) electrons. The topological polar surface area (TPSA) is 19.4 Å². The van der Waals surface area contributed by atoms with E-state index in [1.54, 1.807) is 12.4 Å². The molecule has 0 N–H and O–H groups in total. The summed E-state index contributed by atoms with van der Waals surface area (Å²) in [5, 5.41) is 0. The second-order valence-corrected chi connectivity index (χ2v) is 5.61. The monoisotopic (exact) mass is 305 g/mol. The highest BCUT2D eigenvalue weighted by molar-refractivity contribution is 5.19. The van der Waals surface area contributed by atoms with Crippen LogP contribution in [0.5, 0.6) is 0 Å². The Hall–Kier alpha value is -1.85. The summed E-state index contributed by atoms with van der Waals surface area (Å²) in [7, 11) is 4.01. The fraction of sp³-hybridized carbons (Fsp3) is 0.353. The Kier molecular flexibility index (Phi) is 5.98. The van der Waals surface area contributed by atoms with Crippen LogP contribution in [-0.4, -0.2) is 42.0 Å². The van der Waals surface area contributed by atoms with Crippen molar-refractivity contribution in [2.45, 2.75) is 13.1 Å². The Labute approximate surface area is 130 Å². The molecule has 0 atom stereocenters. The van der Waals surface area contributed by atoms with E-state index in [0.717, 1.165) is 24.7 Å². The van der Waals surface area contributed by atoms with Crippen molar-refractivity contribution in [3.63, 3.8) is 0 Å². The van der Waals surface area contributed by atoms with Gasteiger partial charge in [0.15, 0.2) is 0 Å². The number of aromatic nitrogens is 1. The number of nitrogens with zero attached hydrogens (tertiary/aromatic N) is 3. The maximum absolute atomic E-state index is 13.9. The highest BCUT2D eigenvalue weighted by Crippen LogP contribution is 2.14. The normalized spacial score (nSPS) is 11.4.